The fourth-order valence-electron chi connectivity index (χ4n) is 6.63. The van der Waals surface area contributed by atoms with E-state index >= 15 is 0 Å². The van der Waals surface area contributed by atoms with Gasteiger partial charge in [-0.2, -0.15) is 0 Å². The molecule has 0 aromatic heterocycles. The van der Waals surface area contributed by atoms with Crippen molar-refractivity contribution < 1.29 is 44.3 Å². The van der Waals surface area contributed by atoms with Crippen molar-refractivity contribution in [3.8, 4) is 22.6 Å². The Bertz CT molecular complexity index is 1620. The van der Waals surface area contributed by atoms with Gasteiger partial charge in [-0.05, 0) is 75.2 Å². The number of aromatic hydroxyl groups is 1. The van der Waals surface area contributed by atoms with Crippen LogP contribution in [0.15, 0.2) is 47.2 Å². The molecule has 3 aliphatic carbocycles. The summed E-state index contributed by atoms with van der Waals surface area (Å²) in [6.07, 6.45) is 0.0667. The number of amides is 1. The van der Waals surface area contributed by atoms with Crippen LogP contribution in [-0.2, 0) is 20.8 Å². The molecular formula is C30H30N2O9. The van der Waals surface area contributed by atoms with Crippen molar-refractivity contribution in [3.63, 3.8) is 0 Å². The van der Waals surface area contributed by atoms with Crippen LogP contribution in [-0.4, -0.2) is 81.4 Å². The second kappa shape index (κ2) is 9.57. The van der Waals surface area contributed by atoms with Crippen molar-refractivity contribution in [2.75, 3.05) is 21.2 Å². The molecule has 6 N–H and O–H groups in total. The van der Waals surface area contributed by atoms with Crippen LogP contribution in [0.5, 0.6) is 11.5 Å². The minimum absolute atomic E-state index is 0.0362. The predicted molar refractivity (Wildman–Crippen MR) is 146 cm³/mol. The molecule has 2 aromatic rings. The molecule has 0 radical (unpaired) electrons. The van der Waals surface area contributed by atoms with Crippen LogP contribution in [0, 0.1) is 11.8 Å². The first-order valence-corrected chi connectivity index (χ1v) is 12.9. The molecular weight excluding hydrogens is 532 g/mol. The van der Waals surface area contributed by atoms with Crippen molar-refractivity contribution in [2.45, 2.75) is 31.4 Å². The summed E-state index contributed by atoms with van der Waals surface area (Å²) in [4.78, 5) is 53.0. The number of nitrogens with two attached hydrogens (primary N) is 1. The first kappa shape index (κ1) is 28.1. The monoisotopic (exact) mass is 562 g/mol. The number of methoxy groups -OCH3 is 1. The number of carbonyl (C=O) groups excluding carboxylic acids is 4. The molecule has 11 heteroatoms. The SMILES string of the molecule is COc1ccc(C(C)=O)cc1-c1ccc(O)c2c1CC1CC3C(N(C)C)C(=O)C(C(N)=O)=C(O)C3(O)C(=O)C1=C2O. The molecule has 0 aliphatic heterocycles. The van der Waals surface area contributed by atoms with E-state index in [0.717, 1.165) is 0 Å². The zero-order valence-electron chi connectivity index (χ0n) is 22.9. The van der Waals surface area contributed by atoms with Crippen LogP contribution in [0.3, 0.4) is 0 Å². The Morgan fingerprint density at radius 1 is 1.07 bits per heavy atom. The van der Waals surface area contributed by atoms with Crippen LogP contribution in [0.2, 0.25) is 0 Å². The van der Waals surface area contributed by atoms with Gasteiger partial charge in [0, 0.05) is 22.6 Å². The predicted octanol–water partition coefficient (Wildman–Crippen LogP) is 1.84. The smallest absolute Gasteiger partial charge is 0.255 e. The van der Waals surface area contributed by atoms with Gasteiger partial charge in [-0.3, -0.25) is 24.1 Å². The lowest BCUT2D eigenvalue weighted by atomic mass is 9.57. The topological polar surface area (TPSA) is 188 Å². The average molecular weight is 563 g/mol. The Morgan fingerprint density at radius 3 is 2.34 bits per heavy atom. The van der Waals surface area contributed by atoms with Crippen molar-refractivity contribution in [1.82, 2.24) is 4.90 Å². The van der Waals surface area contributed by atoms with Gasteiger partial charge in [-0.25, -0.2) is 0 Å². The van der Waals surface area contributed by atoms with E-state index in [0.29, 0.717) is 28.0 Å². The van der Waals surface area contributed by atoms with E-state index in [1.807, 2.05) is 0 Å². The number of aliphatic hydroxyl groups excluding tert-OH is 2. The lowest BCUT2D eigenvalue weighted by Gasteiger charge is -2.50. The summed E-state index contributed by atoms with van der Waals surface area (Å²) >= 11 is 0. The van der Waals surface area contributed by atoms with E-state index < -0.39 is 58.0 Å². The number of phenolic OH excluding ortho intramolecular Hbond substituents is 1. The number of Topliss-reactive ketones (excluding diaryl/α,β-unsaturated/α-hetero) is 3. The quantitative estimate of drug-likeness (QED) is 0.266. The maximum atomic E-state index is 14.0. The zero-order chi connectivity index (χ0) is 30.1. The number of hydrogen-bond donors (Lipinski definition) is 5. The molecule has 4 unspecified atom stereocenters. The minimum Gasteiger partial charge on any atom is -0.508 e. The minimum atomic E-state index is -2.71. The second-order valence-electron chi connectivity index (χ2n) is 10.9. The van der Waals surface area contributed by atoms with Gasteiger partial charge in [-0.1, -0.05) is 6.07 Å². The number of ketones is 3. The summed E-state index contributed by atoms with van der Waals surface area (Å²) < 4.78 is 5.53. The van der Waals surface area contributed by atoms with E-state index in [4.69, 9.17) is 10.5 Å². The van der Waals surface area contributed by atoms with Gasteiger partial charge < -0.3 is 30.9 Å². The van der Waals surface area contributed by atoms with E-state index in [9.17, 15) is 39.6 Å². The molecule has 11 nitrogen and oxygen atoms in total. The molecule has 0 bridgehead atoms. The second-order valence-corrected chi connectivity index (χ2v) is 10.9. The molecule has 0 spiro atoms. The highest BCUT2D eigenvalue weighted by atomic mass is 16.5. The molecule has 3 aliphatic rings. The summed E-state index contributed by atoms with van der Waals surface area (Å²) in [6, 6.07) is 6.68. The van der Waals surface area contributed by atoms with Crippen molar-refractivity contribution >= 4 is 29.0 Å². The summed E-state index contributed by atoms with van der Waals surface area (Å²) in [7, 11) is 4.55. The fraction of sp³-hybridized carbons (Fsp3) is 0.333. The number of nitrogens with zero attached hydrogens (tertiary/aromatic N) is 1. The standard InChI is InChI=1S/C30H30N2O9/c1-12(33)13-5-8-20(41-4)16(9-13)15-6-7-19(34)22-17(15)10-14-11-18-24(32(2)3)26(36)23(29(31)39)28(38)30(18,40)27(37)21(14)25(22)35/h5-9,14,18,24,34-35,38,40H,10-11H2,1-4H3,(H2,31,39). The number of hydrogen-bond acceptors (Lipinski definition) is 10. The van der Waals surface area contributed by atoms with Gasteiger partial charge in [0.15, 0.2) is 17.2 Å². The summed E-state index contributed by atoms with van der Waals surface area (Å²) in [5.41, 5.74) is 3.44. The molecule has 5 rings (SSSR count). The number of phenols is 1. The van der Waals surface area contributed by atoms with Crippen LogP contribution >= 0.6 is 0 Å². The van der Waals surface area contributed by atoms with Crippen LogP contribution in [0.4, 0.5) is 0 Å². The molecule has 41 heavy (non-hydrogen) atoms. The van der Waals surface area contributed by atoms with Crippen molar-refractivity contribution in [2.24, 2.45) is 17.6 Å². The Kier molecular flexibility index (Phi) is 6.55. The Morgan fingerprint density at radius 2 is 1.76 bits per heavy atom. The lowest BCUT2D eigenvalue weighted by molar-refractivity contribution is -0.153. The van der Waals surface area contributed by atoms with Crippen LogP contribution in [0.25, 0.3) is 16.9 Å². The van der Waals surface area contributed by atoms with E-state index in [1.54, 1.807) is 24.3 Å². The van der Waals surface area contributed by atoms with Crippen molar-refractivity contribution in [3.05, 3.63) is 63.9 Å². The highest BCUT2D eigenvalue weighted by Gasteiger charge is 2.64. The van der Waals surface area contributed by atoms with Crippen molar-refractivity contribution in [1.29, 1.82) is 0 Å². The molecule has 2 aromatic carbocycles. The highest BCUT2D eigenvalue weighted by Crippen LogP contribution is 2.54. The molecule has 214 valence electrons. The van der Waals surface area contributed by atoms with Crippen LogP contribution < -0.4 is 10.5 Å². The summed E-state index contributed by atoms with van der Waals surface area (Å²) in [5.74, 6) is -6.93. The Balaban J connectivity index is 1.76. The summed E-state index contributed by atoms with van der Waals surface area (Å²) in [5, 5.41) is 45.0. The number of likely N-dealkylation sites (N-methyl/N-ethyl adjacent to an activating group) is 1. The maximum absolute atomic E-state index is 14.0. The average Bonchev–Trinajstić information content (AvgIpc) is 2.90. The molecule has 0 heterocycles. The number of ether oxygens (including phenoxy) is 1. The molecule has 0 saturated heterocycles. The molecule has 4 atom stereocenters. The van der Waals surface area contributed by atoms with Gasteiger partial charge in [0.05, 0.1) is 18.7 Å². The summed E-state index contributed by atoms with van der Waals surface area (Å²) in [6.45, 7) is 1.42. The van der Waals surface area contributed by atoms with Crippen LogP contribution in [0.1, 0.15) is 34.8 Å². The third kappa shape index (κ3) is 3.87. The fourth-order valence-corrected chi connectivity index (χ4v) is 6.63. The van der Waals surface area contributed by atoms with E-state index in [2.05, 4.69) is 0 Å². The van der Waals surface area contributed by atoms with E-state index in [-0.39, 0.29) is 35.5 Å². The Hall–Kier alpha value is -4.48. The molecule has 1 amide bonds. The number of primary amides is 1. The van der Waals surface area contributed by atoms with Gasteiger partial charge in [0.25, 0.3) is 5.91 Å². The first-order chi connectivity index (χ1) is 19.2. The first-order valence-electron chi connectivity index (χ1n) is 12.9. The number of fused-ring (bicyclic) bond motifs is 3. The number of benzene rings is 2. The molecule has 1 saturated carbocycles. The van der Waals surface area contributed by atoms with Gasteiger partial charge in [0.2, 0.25) is 5.78 Å². The third-order valence-electron chi connectivity index (χ3n) is 8.50. The third-order valence-corrected chi connectivity index (χ3v) is 8.50. The Labute approximate surface area is 235 Å². The van der Waals surface area contributed by atoms with Gasteiger partial charge in [0.1, 0.15) is 28.6 Å². The zero-order valence-corrected chi connectivity index (χ0v) is 22.9. The number of rotatable bonds is 5. The number of aliphatic hydroxyl groups is 3. The normalized spacial score (nSPS) is 25.6. The highest BCUT2D eigenvalue weighted by molar-refractivity contribution is 6.24. The van der Waals surface area contributed by atoms with Gasteiger partial charge >= 0.3 is 0 Å². The molecule has 1 fully saturated rings. The maximum Gasteiger partial charge on any atom is 0.255 e. The lowest BCUT2D eigenvalue weighted by Crippen LogP contribution is -2.65. The largest absolute Gasteiger partial charge is 0.508 e. The van der Waals surface area contributed by atoms with Gasteiger partial charge in [-0.15, -0.1) is 0 Å². The number of carbonyl (C=O) groups is 4. The van der Waals surface area contributed by atoms with E-state index in [1.165, 1.54) is 39.1 Å².